The molecule has 0 radical (unpaired) electrons. The van der Waals surface area contributed by atoms with Gasteiger partial charge >= 0.3 is 0 Å². The molecule has 3 aromatic rings. The van der Waals surface area contributed by atoms with Gasteiger partial charge in [-0.2, -0.15) is 20.5 Å². The molecule has 0 amide bonds. The smallest absolute Gasteiger partial charge is 0.152 e. The molecule has 11 nitrogen and oxygen atoms in total. The standard InChI is InChI=1S/C14H17N7O4/c1-14(24)11(23)9(4-22)25-12(14)8-2-6(7-3-17-20-19-7)10-13(15)16-5-18-21(8)10/h2-3,5,9,11-12,22-24H,4H2,1H3,(H2,15,16,18)(H,17,19,20)/t9-,11-,12+,14?/m1/s1. The Morgan fingerprint density at radius 3 is 2.92 bits per heavy atom. The predicted molar refractivity (Wildman–Crippen MR) is 84.1 cm³/mol. The molecule has 0 aromatic carbocycles. The average Bonchev–Trinajstić information content (AvgIpc) is 3.27. The van der Waals surface area contributed by atoms with E-state index in [9.17, 15) is 15.3 Å². The summed E-state index contributed by atoms with van der Waals surface area (Å²) < 4.78 is 7.17. The lowest BCUT2D eigenvalue weighted by molar-refractivity contribution is -0.0664. The summed E-state index contributed by atoms with van der Waals surface area (Å²) in [6, 6.07) is 1.70. The van der Waals surface area contributed by atoms with E-state index in [0.717, 1.165) is 0 Å². The molecule has 25 heavy (non-hydrogen) atoms. The van der Waals surface area contributed by atoms with Crippen LogP contribution in [0.2, 0.25) is 0 Å². The zero-order chi connectivity index (χ0) is 17.8. The molecule has 11 heteroatoms. The van der Waals surface area contributed by atoms with Gasteiger partial charge in [-0.25, -0.2) is 9.50 Å². The number of fused-ring (bicyclic) bond motifs is 1. The van der Waals surface area contributed by atoms with Crippen molar-refractivity contribution in [3.63, 3.8) is 0 Å². The van der Waals surface area contributed by atoms with Crippen LogP contribution in [0.4, 0.5) is 5.82 Å². The van der Waals surface area contributed by atoms with Crippen molar-refractivity contribution < 1.29 is 20.1 Å². The van der Waals surface area contributed by atoms with Gasteiger partial charge in [0.1, 0.15) is 41.5 Å². The highest BCUT2D eigenvalue weighted by molar-refractivity contribution is 5.86. The van der Waals surface area contributed by atoms with Crippen molar-refractivity contribution in [2.45, 2.75) is 30.8 Å². The number of aromatic nitrogens is 6. The monoisotopic (exact) mass is 347 g/mol. The van der Waals surface area contributed by atoms with Crippen LogP contribution in [0.1, 0.15) is 18.7 Å². The summed E-state index contributed by atoms with van der Waals surface area (Å²) in [7, 11) is 0. The van der Waals surface area contributed by atoms with Gasteiger partial charge in [0.25, 0.3) is 0 Å². The SMILES string of the molecule is CC1(O)[C@H](O)[C@@H](CO)O[C@H]1c1cc(-c2cn[nH]n2)c2c(N)ncnn12. The van der Waals surface area contributed by atoms with Crippen LogP contribution in [0.25, 0.3) is 16.8 Å². The molecule has 1 unspecified atom stereocenters. The molecule has 0 spiro atoms. The Morgan fingerprint density at radius 1 is 1.48 bits per heavy atom. The minimum Gasteiger partial charge on any atom is -0.394 e. The second-order valence-corrected chi connectivity index (χ2v) is 6.15. The first-order valence-corrected chi connectivity index (χ1v) is 7.60. The Bertz CT molecular complexity index is 907. The molecule has 1 aliphatic heterocycles. The number of nitrogens with zero attached hydrogens (tertiary/aromatic N) is 5. The molecule has 1 fully saturated rings. The van der Waals surface area contributed by atoms with Gasteiger partial charge in [-0.3, -0.25) is 0 Å². The number of aliphatic hydroxyl groups excluding tert-OH is 2. The predicted octanol–water partition coefficient (Wildman–Crippen LogP) is -1.36. The Morgan fingerprint density at radius 2 is 2.28 bits per heavy atom. The van der Waals surface area contributed by atoms with Gasteiger partial charge in [0.15, 0.2) is 5.82 Å². The zero-order valence-electron chi connectivity index (χ0n) is 13.2. The van der Waals surface area contributed by atoms with Crippen molar-refractivity contribution >= 4 is 11.3 Å². The van der Waals surface area contributed by atoms with Gasteiger partial charge in [-0.05, 0) is 13.0 Å². The van der Waals surface area contributed by atoms with E-state index in [0.29, 0.717) is 22.5 Å². The molecule has 1 aliphatic rings. The number of H-pyrrole nitrogens is 1. The van der Waals surface area contributed by atoms with Crippen LogP contribution in [0.5, 0.6) is 0 Å². The average molecular weight is 347 g/mol. The molecular formula is C14H17N7O4. The highest BCUT2D eigenvalue weighted by Crippen LogP contribution is 2.43. The minimum atomic E-state index is -1.64. The molecule has 1 saturated heterocycles. The topological polar surface area (TPSA) is 168 Å². The summed E-state index contributed by atoms with van der Waals surface area (Å²) in [5, 5.41) is 44.9. The van der Waals surface area contributed by atoms with Gasteiger partial charge in [0.2, 0.25) is 0 Å². The van der Waals surface area contributed by atoms with E-state index < -0.39 is 30.5 Å². The number of anilines is 1. The molecule has 4 rings (SSSR count). The molecule has 0 aliphatic carbocycles. The van der Waals surface area contributed by atoms with Crippen LogP contribution in [0.3, 0.4) is 0 Å². The number of nitrogens with two attached hydrogens (primary N) is 1. The molecule has 3 aromatic heterocycles. The largest absolute Gasteiger partial charge is 0.394 e. The normalized spacial score (nSPS) is 29.5. The molecule has 4 heterocycles. The molecule has 132 valence electrons. The van der Waals surface area contributed by atoms with Crippen molar-refractivity contribution in [2.75, 3.05) is 12.3 Å². The van der Waals surface area contributed by atoms with Crippen molar-refractivity contribution in [1.82, 2.24) is 30.0 Å². The fourth-order valence-corrected chi connectivity index (χ4v) is 3.24. The highest BCUT2D eigenvalue weighted by Gasteiger charge is 2.53. The van der Waals surface area contributed by atoms with Crippen LogP contribution >= 0.6 is 0 Å². The Labute approximate surface area is 141 Å². The number of rotatable bonds is 3. The van der Waals surface area contributed by atoms with Crippen molar-refractivity contribution in [3.05, 3.63) is 24.3 Å². The first-order valence-electron chi connectivity index (χ1n) is 7.60. The Hall–Kier alpha value is -2.60. The number of hydrogen-bond donors (Lipinski definition) is 5. The van der Waals surface area contributed by atoms with Crippen LogP contribution in [0, 0.1) is 0 Å². The number of nitrogens with one attached hydrogen (secondary N) is 1. The van der Waals surface area contributed by atoms with Crippen molar-refractivity contribution in [1.29, 1.82) is 0 Å². The molecule has 6 N–H and O–H groups in total. The summed E-state index contributed by atoms with van der Waals surface area (Å²) in [4.78, 5) is 3.99. The number of aliphatic hydroxyl groups is 3. The zero-order valence-corrected chi connectivity index (χ0v) is 13.2. The summed E-state index contributed by atoms with van der Waals surface area (Å²) in [5.41, 5.74) is 6.41. The number of aromatic amines is 1. The summed E-state index contributed by atoms with van der Waals surface area (Å²) >= 11 is 0. The maximum atomic E-state index is 10.7. The number of ether oxygens (including phenoxy) is 1. The molecule has 0 saturated carbocycles. The molecule has 4 atom stereocenters. The van der Waals surface area contributed by atoms with Crippen LogP contribution < -0.4 is 5.73 Å². The minimum absolute atomic E-state index is 0.219. The van der Waals surface area contributed by atoms with E-state index >= 15 is 0 Å². The molecular weight excluding hydrogens is 330 g/mol. The van der Waals surface area contributed by atoms with Crippen molar-refractivity contribution in [2.24, 2.45) is 0 Å². The highest BCUT2D eigenvalue weighted by atomic mass is 16.6. The first-order chi connectivity index (χ1) is 11.9. The van der Waals surface area contributed by atoms with E-state index in [1.165, 1.54) is 24.0 Å². The maximum absolute atomic E-state index is 10.7. The van der Waals surface area contributed by atoms with E-state index in [2.05, 4.69) is 25.5 Å². The second-order valence-electron chi connectivity index (χ2n) is 6.15. The lowest BCUT2D eigenvalue weighted by atomic mass is 9.91. The first kappa shape index (κ1) is 15.9. The van der Waals surface area contributed by atoms with Crippen LogP contribution in [-0.2, 0) is 4.74 Å². The third kappa shape index (κ3) is 2.21. The van der Waals surface area contributed by atoms with Crippen LogP contribution in [-0.4, -0.2) is 69.7 Å². The van der Waals surface area contributed by atoms with Crippen molar-refractivity contribution in [3.8, 4) is 11.3 Å². The quantitative estimate of drug-likeness (QED) is 0.384. The van der Waals surface area contributed by atoms with Gasteiger partial charge < -0.3 is 25.8 Å². The van der Waals surface area contributed by atoms with Crippen LogP contribution in [0.15, 0.2) is 18.6 Å². The summed E-state index contributed by atoms with van der Waals surface area (Å²) in [5.74, 6) is 0.219. The second kappa shape index (κ2) is 5.46. The van der Waals surface area contributed by atoms with Gasteiger partial charge in [-0.1, -0.05) is 0 Å². The fraction of sp³-hybridized carbons (Fsp3) is 0.429. The fourth-order valence-electron chi connectivity index (χ4n) is 3.24. The van der Waals surface area contributed by atoms with Gasteiger partial charge in [0, 0.05) is 5.56 Å². The van der Waals surface area contributed by atoms with E-state index in [4.69, 9.17) is 10.5 Å². The van der Waals surface area contributed by atoms with E-state index in [1.807, 2.05) is 0 Å². The lowest BCUT2D eigenvalue weighted by Gasteiger charge is -2.26. The Balaban J connectivity index is 1.93. The van der Waals surface area contributed by atoms with E-state index in [1.54, 1.807) is 6.07 Å². The lowest BCUT2D eigenvalue weighted by Crippen LogP contribution is -2.43. The Kier molecular flexibility index (Phi) is 3.47. The van der Waals surface area contributed by atoms with Gasteiger partial charge in [-0.15, -0.1) is 0 Å². The molecule has 0 bridgehead atoms. The summed E-state index contributed by atoms with van der Waals surface area (Å²) in [6.45, 7) is 1.02. The maximum Gasteiger partial charge on any atom is 0.152 e. The summed E-state index contributed by atoms with van der Waals surface area (Å²) in [6.07, 6.45) is -0.322. The number of nitrogen functional groups attached to an aromatic ring is 1. The third-order valence-electron chi connectivity index (χ3n) is 4.54. The van der Waals surface area contributed by atoms with E-state index in [-0.39, 0.29) is 5.82 Å². The van der Waals surface area contributed by atoms with Gasteiger partial charge in [0.05, 0.1) is 18.5 Å². The number of hydrogen-bond acceptors (Lipinski definition) is 9. The third-order valence-corrected chi connectivity index (χ3v) is 4.54.